The zero-order chi connectivity index (χ0) is 16.7. The van der Waals surface area contributed by atoms with E-state index in [1.807, 2.05) is 47.4 Å². The zero-order valence-electron chi connectivity index (χ0n) is 13.7. The largest absolute Gasteiger partial charge is 0.315 e. The number of rotatable bonds is 1. The highest BCUT2D eigenvalue weighted by molar-refractivity contribution is 6.07. The van der Waals surface area contributed by atoms with Gasteiger partial charge in [-0.25, -0.2) is 0 Å². The molecule has 0 saturated heterocycles. The summed E-state index contributed by atoms with van der Waals surface area (Å²) in [5.41, 5.74) is 4.01. The van der Waals surface area contributed by atoms with Crippen LogP contribution in [-0.2, 0) is 16.0 Å². The highest BCUT2D eigenvalue weighted by Crippen LogP contribution is 2.38. The number of carbonyl (C=O) groups is 2. The summed E-state index contributed by atoms with van der Waals surface area (Å²) in [6.07, 6.45) is 2.21. The van der Waals surface area contributed by atoms with Crippen LogP contribution in [0.4, 0.5) is 11.4 Å². The maximum atomic E-state index is 13.3. The van der Waals surface area contributed by atoms with Gasteiger partial charge in [0.15, 0.2) is 0 Å². The Balaban J connectivity index is 1.74. The lowest BCUT2D eigenvalue weighted by molar-refractivity contribution is -0.125. The number of para-hydroxylation sites is 2. The van der Waals surface area contributed by atoms with E-state index >= 15 is 0 Å². The Kier molecular flexibility index (Phi) is 3.60. The van der Waals surface area contributed by atoms with Gasteiger partial charge in [-0.1, -0.05) is 36.4 Å². The van der Waals surface area contributed by atoms with E-state index in [1.165, 1.54) is 5.56 Å². The number of nitrogens with zero attached hydrogens (tertiary/aromatic N) is 2. The van der Waals surface area contributed by atoms with Crippen molar-refractivity contribution < 1.29 is 9.59 Å². The van der Waals surface area contributed by atoms with Crippen molar-refractivity contribution in [3.63, 3.8) is 0 Å². The second-order valence-electron chi connectivity index (χ2n) is 6.49. The van der Waals surface area contributed by atoms with Gasteiger partial charge in [0.05, 0.1) is 5.92 Å². The molecule has 2 aromatic carbocycles. The van der Waals surface area contributed by atoms with Crippen LogP contribution in [0.2, 0.25) is 0 Å². The van der Waals surface area contributed by atoms with Crippen molar-refractivity contribution in [3.05, 3.63) is 59.7 Å². The first kappa shape index (κ1) is 14.9. The van der Waals surface area contributed by atoms with E-state index in [1.54, 1.807) is 11.9 Å². The van der Waals surface area contributed by atoms with Gasteiger partial charge < -0.3 is 9.80 Å². The average Bonchev–Trinajstić information content (AvgIpc) is 2.63. The Bertz CT molecular complexity index is 815. The van der Waals surface area contributed by atoms with Crippen LogP contribution in [0, 0.1) is 0 Å². The molecule has 2 heterocycles. The summed E-state index contributed by atoms with van der Waals surface area (Å²) in [7, 11) is 1.78. The molecule has 4 rings (SSSR count). The molecule has 0 fully saturated rings. The second-order valence-corrected chi connectivity index (χ2v) is 6.49. The molecule has 0 aromatic heterocycles. The monoisotopic (exact) mass is 320 g/mol. The van der Waals surface area contributed by atoms with Crippen molar-refractivity contribution in [3.8, 4) is 0 Å². The maximum Gasteiger partial charge on any atom is 0.235 e. The number of benzene rings is 2. The van der Waals surface area contributed by atoms with Crippen molar-refractivity contribution in [2.24, 2.45) is 0 Å². The first-order chi connectivity index (χ1) is 11.7. The minimum Gasteiger partial charge on any atom is -0.315 e. The molecule has 4 heteroatoms. The summed E-state index contributed by atoms with van der Waals surface area (Å²) in [6.45, 7) is 0.721. The predicted octanol–water partition coefficient (Wildman–Crippen LogP) is 3.12. The molecular weight excluding hydrogens is 300 g/mol. The summed E-state index contributed by atoms with van der Waals surface area (Å²) in [6, 6.07) is 15.8. The number of hydrogen-bond acceptors (Lipinski definition) is 2. The quantitative estimate of drug-likeness (QED) is 0.810. The van der Waals surface area contributed by atoms with E-state index in [9.17, 15) is 9.59 Å². The lowest BCUT2D eigenvalue weighted by Gasteiger charge is -2.36. The number of hydrogen-bond donors (Lipinski definition) is 0. The molecule has 0 aliphatic carbocycles. The SMILES string of the molecule is CN1C(=O)CC(C(=O)N2CCCc3ccccc32)c2ccccc21. The van der Waals surface area contributed by atoms with Gasteiger partial charge in [0.1, 0.15) is 0 Å². The van der Waals surface area contributed by atoms with Crippen LogP contribution in [0.15, 0.2) is 48.5 Å². The molecule has 2 aromatic rings. The normalized spacial score (nSPS) is 19.7. The maximum absolute atomic E-state index is 13.3. The molecule has 0 N–H and O–H groups in total. The topological polar surface area (TPSA) is 40.6 Å². The van der Waals surface area contributed by atoms with Crippen LogP contribution in [-0.4, -0.2) is 25.4 Å². The molecule has 24 heavy (non-hydrogen) atoms. The summed E-state index contributed by atoms with van der Waals surface area (Å²) >= 11 is 0. The van der Waals surface area contributed by atoms with E-state index in [4.69, 9.17) is 0 Å². The molecular formula is C20H20N2O2. The molecule has 1 unspecified atom stereocenters. The standard InChI is InChI=1S/C20H20N2O2/c1-21-18-11-5-3-9-15(18)16(13-19(21)23)20(24)22-12-6-8-14-7-2-4-10-17(14)22/h2-5,7,9-11,16H,6,8,12-13H2,1H3. The van der Waals surface area contributed by atoms with Gasteiger partial charge in [0.25, 0.3) is 0 Å². The molecule has 0 spiro atoms. The van der Waals surface area contributed by atoms with E-state index in [2.05, 4.69) is 6.07 Å². The lowest BCUT2D eigenvalue weighted by atomic mass is 9.87. The van der Waals surface area contributed by atoms with Crippen molar-refractivity contribution in [2.75, 3.05) is 23.4 Å². The Morgan fingerprint density at radius 2 is 1.75 bits per heavy atom. The summed E-state index contributed by atoms with van der Waals surface area (Å²) < 4.78 is 0. The first-order valence-corrected chi connectivity index (χ1v) is 8.41. The fraction of sp³-hybridized carbons (Fsp3) is 0.300. The minimum absolute atomic E-state index is 0.00246. The van der Waals surface area contributed by atoms with Crippen LogP contribution in [0.3, 0.4) is 0 Å². The summed E-state index contributed by atoms with van der Waals surface area (Å²) in [5, 5.41) is 0. The van der Waals surface area contributed by atoms with E-state index < -0.39 is 5.92 Å². The Morgan fingerprint density at radius 3 is 2.58 bits per heavy atom. The minimum atomic E-state index is -0.393. The van der Waals surface area contributed by atoms with Crippen LogP contribution < -0.4 is 9.80 Å². The van der Waals surface area contributed by atoms with Crippen molar-refractivity contribution >= 4 is 23.2 Å². The predicted molar refractivity (Wildman–Crippen MR) is 94.3 cm³/mol. The van der Waals surface area contributed by atoms with Crippen molar-refractivity contribution in [2.45, 2.75) is 25.2 Å². The molecule has 0 bridgehead atoms. The average molecular weight is 320 g/mol. The molecule has 2 amide bonds. The van der Waals surface area contributed by atoms with Gasteiger partial charge in [0, 0.05) is 31.4 Å². The van der Waals surface area contributed by atoms with Gasteiger partial charge >= 0.3 is 0 Å². The highest BCUT2D eigenvalue weighted by Gasteiger charge is 2.37. The molecule has 0 saturated carbocycles. The van der Waals surface area contributed by atoms with Crippen LogP contribution >= 0.6 is 0 Å². The van der Waals surface area contributed by atoms with Crippen LogP contribution in [0.25, 0.3) is 0 Å². The third-order valence-electron chi connectivity index (χ3n) is 5.10. The molecule has 0 radical (unpaired) electrons. The van der Waals surface area contributed by atoms with Gasteiger partial charge in [0.2, 0.25) is 11.8 Å². The zero-order valence-corrected chi connectivity index (χ0v) is 13.7. The lowest BCUT2D eigenvalue weighted by Crippen LogP contribution is -2.43. The third kappa shape index (κ3) is 2.30. The number of aryl methyl sites for hydroxylation is 1. The van der Waals surface area contributed by atoms with E-state index in [0.29, 0.717) is 0 Å². The molecule has 122 valence electrons. The van der Waals surface area contributed by atoms with Crippen LogP contribution in [0.5, 0.6) is 0 Å². The van der Waals surface area contributed by atoms with Gasteiger partial charge in [-0.15, -0.1) is 0 Å². The highest BCUT2D eigenvalue weighted by atomic mass is 16.2. The van der Waals surface area contributed by atoms with Crippen molar-refractivity contribution in [1.29, 1.82) is 0 Å². The third-order valence-corrected chi connectivity index (χ3v) is 5.10. The Morgan fingerprint density at radius 1 is 1.04 bits per heavy atom. The number of amides is 2. The Labute approximate surface area is 141 Å². The molecule has 2 aliphatic rings. The molecule has 1 atom stereocenters. The Hall–Kier alpha value is -2.62. The smallest absolute Gasteiger partial charge is 0.235 e. The van der Waals surface area contributed by atoms with E-state index in [0.717, 1.165) is 36.3 Å². The summed E-state index contributed by atoms with van der Waals surface area (Å²) in [5.74, 6) is -0.357. The fourth-order valence-electron chi connectivity index (χ4n) is 3.81. The number of fused-ring (bicyclic) bond motifs is 2. The second kappa shape index (κ2) is 5.78. The first-order valence-electron chi connectivity index (χ1n) is 8.41. The number of carbonyl (C=O) groups excluding carboxylic acids is 2. The summed E-state index contributed by atoms with van der Waals surface area (Å²) in [4.78, 5) is 29.2. The van der Waals surface area contributed by atoms with Crippen LogP contribution in [0.1, 0.15) is 29.9 Å². The van der Waals surface area contributed by atoms with E-state index in [-0.39, 0.29) is 18.2 Å². The fourth-order valence-corrected chi connectivity index (χ4v) is 3.81. The molecule has 4 nitrogen and oxygen atoms in total. The van der Waals surface area contributed by atoms with Crippen molar-refractivity contribution in [1.82, 2.24) is 0 Å². The van der Waals surface area contributed by atoms with Gasteiger partial charge in [-0.2, -0.15) is 0 Å². The molecule has 2 aliphatic heterocycles. The van der Waals surface area contributed by atoms with Gasteiger partial charge in [-0.3, -0.25) is 9.59 Å². The number of anilines is 2. The van der Waals surface area contributed by atoms with Gasteiger partial charge in [-0.05, 0) is 36.1 Å².